The highest BCUT2D eigenvalue weighted by Gasteiger charge is 2.16. The van der Waals surface area contributed by atoms with Crippen LogP contribution in [0.5, 0.6) is 5.75 Å². The van der Waals surface area contributed by atoms with Crippen LogP contribution >= 0.6 is 23.2 Å². The molecule has 0 radical (unpaired) electrons. The van der Waals surface area contributed by atoms with E-state index in [0.29, 0.717) is 10.8 Å². The number of pyridine rings is 1. The molecule has 0 unspecified atom stereocenters. The van der Waals surface area contributed by atoms with Crippen molar-refractivity contribution in [2.24, 2.45) is 5.10 Å². The summed E-state index contributed by atoms with van der Waals surface area (Å²) in [5.41, 5.74) is 4.01. The standard InChI is InChI=1S/C21H14Cl2FN7O/c22-15-2-1-3-16(24)18(15)19-28-20(27-13-6-9-17(23)25-11-13)30-21(29-19)31-26-10-12-4-7-14(32)8-5-12/h1-11,32H,(H2,27,28,29,30,31)/b26-10+. The molecule has 2 aromatic heterocycles. The molecule has 0 amide bonds. The highest BCUT2D eigenvalue weighted by molar-refractivity contribution is 6.33. The van der Waals surface area contributed by atoms with Crippen molar-refractivity contribution in [3.8, 4) is 17.1 Å². The zero-order valence-corrected chi connectivity index (χ0v) is 17.7. The number of phenols is 1. The summed E-state index contributed by atoms with van der Waals surface area (Å²) in [6, 6.07) is 14.0. The van der Waals surface area contributed by atoms with Gasteiger partial charge in [0.05, 0.1) is 28.7 Å². The molecule has 0 bridgehead atoms. The molecule has 0 saturated heterocycles. The van der Waals surface area contributed by atoms with Crippen molar-refractivity contribution < 1.29 is 9.50 Å². The summed E-state index contributed by atoms with van der Waals surface area (Å²) in [6.07, 6.45) is 3.01. The monoisotopic (exact) mass is 469 g/mol. The molecular weight excluding hydrogens is 456 g/mol. The van der Waals surface area contributed by atoms with Crippen LogP contribution in [0.1, 0.15) is 5.56 Å². The Labute approximate surface area is 191 Å². The van der Waals surface area contributed by atoms with Gasteiger partial charge >= 0.3 is 0 Å². The predicted molar refractivity (Wildman–Crippen MR) is 122 cm³/mol. The van der Waals surface area contributed by atoms with Crippen molar-refractivity contribution in [2.45, 2.75) is 0 Å². The van der Waals surface area contributed by atoms with Crippen LogP contribution in [0.3, 0.4) is 0 Å². The lowest BCUT2D eigenvalue weighted by molar-refractivity contribution is 0.475. The number of halogens is 3. The molecule has 0 spiro atoms. The Bertz CT molecular complexity index is 1250. The molecule has 3 N–H and O–H groups in total. The Kier molecular flexibility index (Phi) is 6.39. The van der Waals surface area contributed by atoms with Gasteiger partial charge < -0.3 is 10.4 Å². The van der Waals surface area contributed by atoms with Crippen LogP contribution < -0.4 is 10.7 Å². The molecule has 0 saturated carbocycles. The van der Waals surface area contributed by atoms with Crippen LogP contribution in [-0.4, -0.2) is 31.3 Å². The molecule has 2 aromatic carbocycles. The maximum absolute atomic E-state index is 14.5. The Morgan fingerprint density at radius 3 is 2.44 bits per heavy atom. The minimum atomic E-state index is -0.582. The molecule has 0 atom stereocenters. The average molecular weight is 470 g/mol. The number of hydrogen-bond acceptors (Lipinski definition) is 8. The van der Waals surface area contributed by atoms with E-state index in [-0.39, 0.29) is 34.1 Å². The van der Waals surface area contributed by atoms with Crippen LogP contribution in [0.4, 0.5) is 22.0 Å². The number of rotatable bonds is 6. The highest BCUT2D eigenvalue weighted by atomic mass is 35.5. The van der Waals surface area contributed by atoms with E-state index in [4.69, 9.17) is 23.2 Å². The SMILES string of the molecule is Oc1ccc(/C=N/Nc2nc(Nc3ccc(Cl)nc3)nc(-c3c(F)cccc3Cl)n2)cc1. The topological polar surface area (TPSA) is 108 Å². The fourth-order valence-electron chi connectivity index (χ4n) is 2.61. The minimum Gasteiger partial charge on any atom is -0.508 e. The Morgan fingerprint density at radius 1 is 0.938 bits per heavy atom. The fourth-order valence-corrected chi connectivity index (χ4v) is 2.97. The van der Waals surface area contributed by atoms with Crippen molar-refractivity contribution in [3.63, 3.8) is 0 Å². The molecule has 0 aliphatic carbocycles. The highest BCUT2D eigenvalue weighted by Crippen LogP contribution is 2.29. The van der Waals surface area contributed by atoms with Gasteiger partial charge in [0.15, 0.2) is 5.82 Å². The molecule has 4 rings (SSSR count). The van der Waals surface area contributed by atoms with Crippen molar-refractivity contribution in [2.75, 3.05) is 10.7 Å². The molecule has 2 heterocycles. The van der Waals surface area contributed by atoms with Crippen LogP contribution in [0.15, 0.2) is 65.9 Å². The number of nitrogens with one attached hydrogen (secondary N) is 2. The lowest BCUT2D eigenvalue weighted by Crippen LogP contribution is -2.06. The third-order valence-corrected chi connectivity index (χ3v) is 4.62. The second kappa shape index (κ2) is 9.54. The molecule has 11 heteroatoms. The first kappa shape index (κ1) is 21.4. The van der Waals surface area contributed by atoms with Gasteiger partial charge in [-0.25, -0.2) is 14.8 Å². The maximum atomic E-state index is 14.5. The zero-order valence-electron chi connectivity index (χ0n) is 16.2. The lowest BCUT2D eigenvalue weighted by atomic mass is 10.2. The van der Waals surface area contributed by atoms with Gasteiger partial charge in [-0.1, -0.05) is 29.3 Å². The predicted octanol–water partition coefficient (Wildman–Crippen LogP) is 5.27. The van der Waals surface area contributed by atoms with E-state index in [1.165, 1.54) is 42.7 Å². The van der Waals surface area contributed by atoms with E-state index in [2.05, 4.69) is 35.8 Å². The number of phenolic OH excluding ortho intramolecular Hbond substituents is 1. The van der Waals surface area contributed by atoms with Crippen LogP contribution in [-0.2, 0) is 0 Å². The zero-order chi connectivity index (χ0) is 22.5. The number of aromatic nitrogens is 4. The van der Waals surface area contributed by atoms with Crippen LogP contribution in [0.25, 0.3) is 11.4 Å². The molecule has 0 fully saturated rings. The number of nitrogens with zero attached hydrogens (tertiary/aromatic N) is 5. The van der Waals surface area contributed by atoms with Gasteiger partial charge in [0.2, 0.25) is 11.9 Å². The third-order valence-electron chi connectivity index (χ3n) is 4.08. The summed E-state index contributed by atoms with van der Waals surface area (Å²) in [5, 5.41) is 16.9. The first-order valence-corrected chi connectivity index (χ1v) is 9.91. The maximum Gasteiger partial charge on any atom is 0.248 e. The number of aromatic hydroxyl groups is 1. The van der Waals surface area contributed by atoms with E-state index in [9.17, 15) is 9.50 Å². The molecular formula is C21H14Cl2FN7O. The van der Waals surface area contributed by atoms with Crippen molar-refractivity contribution >= 4 is 47.0 Å². The second-order valence-electron chi connectivity index (χ2n) is 6.36. The summed E-state index contributed by atoms with van der Waals surface area (Å²) in [7, 11) is 0. The Morgan fingerprint density at radius 2 is 1.72 bits per heavy atom. The largest absolute Gasteiger partial charge is 0.508 e. The molecule has 8 nitrogen and oxygen atoms in total. The van der Waals surface area contributed by atoms with Crippen LogP contribution in [0.2, 0.25) is 10.2 Å². The smallest absolute Gasteiger partial charge is 0.248 e. The molecule has 4 aromatic rings. The Balaban J connectivity index is 1.68. The van der Waals surface area contributed by atoms with E-state index in [1.54, 1.807) is 24.3 Å². The van der Waals surface area contributed by atoms with Gasteiger partial charge in [-0.15, -0.1) is 0 Å². The quantitative estimate of drug-likeness (QED) is 0.200. The second-order valence-corrected chi connectivity index (χ2v) is 7.15. The summed E-state index contributed by atoms with van der Waals surface area (Å²) in [5.74, 6) is -0.267. The van der Waals surface area contributed by atoms with E-state index < -0.39 is 5.82 Å². The fraction of sp³-hybridized carbons (Fsp3) is 0. The molecule has 0 aliphatic heterocycles. The number of hydrogen-bond donors (Lipinski definition) is 3. The van der Waals surface area contributed by atoms with Gasteiger partial charge in [0.1, 0.15) is 16.7 Å². The first-order chi connectivity index (χ1) is 15.5. The number of anilines is 3. The van der Waals surface area contributed by atoms with E-state index in [1.807, 2.05) is 0 Å². The number of benzene rings is 2. The van der Waals surface area contributed by atoms with E-state index in [0.717, 1.165) is 5.56 Å². The van der Waals surface area contributed by atoms with Crippen molar-refractivity contribution in [1.29, 1.82) is 0 Å². The summed E-state index contributed by atoms with van der Waals surface area (Å²) < 4.78 is 14.5. The minimum absolute atomic E-state index is 0.00913. The molecule has 160 valence electrons. The summed E-state index contributed by atoms with van der Waals surface area (Å²) in [4.78, 5) is 16.8. The molecule has 32 heavy (non-hydrogen) atoms. The van der Waals surface area contributed by atoms with Crippen molar-refractivity contribution in [1.82, 2.24) is 19.9 Å². The normalized spacial score (nSPS) is 11.0. The van der Waals surface area contributed by atoms with E-state index >= 15 is 0 Å². The first-order valence-electron chi connectivity index (χ1n) is 9.15. The molecule has 0 aliphatic rings. The van der Waals surface area contributed by atoms with Gasteiger partial charge in [0.25, 0.3) is 0 Å². The summed E-state index contributed by atoms with van der Waals surface area (Å²) >= 11 is 12.0. The van der Waals surface area contributed by atoms with Gasteiger partial charge in [0, 0.05) is 0 Å². The Hall–Kier alpha value is -3.82. The summed E-state index contributed by atoms with van der Waals surface area (Å²) in [6.45, 7) is 0. The van der Waals surface area contributed by atoms with Gasteiger partial charge in [-0.05, 0) is 54.1 Å². The van der Waals surface area contributed by atoms with Gasteiger partial charge in [-0.3, -0.25) is 0 Å². The third kappa shape index (κ3) is 5.26. The van der Waals surface area contributed by atoms with Crippen LogP contribution in [0, 0.1) is 5.82 Å². The number of hydrazone groups is 1. The van der Waals surface area contributed by atoms with Gasteiger partial charge in [-0.2, -0.15) is 20.1 Å². The van der Waals surface area contributed by atoms with Crippen molar-refractivity contribution in [3.05, 3.63) is 82.4 Å². The average Bonchev–Trinajstić information content (AvgIpc) is 2.77. The lowest BCUT2D eigenvalue weighted by Gasteiger charge is -2.10.